The summed E-state index contributed by atoms with van der Waals surface area (Å²) in [5.74, 6) is 1.76. The number of nitrogens with one attached hydrogen (secondary N) is 1. The van der Waals surface area contributed by atoms with Gasteiger partial charge in [-0.1, -0.05) is 54.6 Å². The average molecular weight is 702 g/mol. The number of benzene rings is 4. The summed E-state index contributed by atoms with van der Waals surface area (Å²) in [5.41, 5.74) is 4.38. The number of hydrogen-bond acceptors (Lipinski definition) is 4. The minimum atomic E-state index is -0.740. The Labute approximate surface area is 289 Å². The molecular weight excluding hydrogens is 664 g/mol. The molecule has 1 N–H and O–H groups in total. The van der Waals surface area contributed by atoms with E-state index in [0.29, 0.717) is 34.5 Å². The van der Waals surface area contributed by atoms with Crippen molar-refractivity contribution in [1.82, 2.24) is 5.32 Å². The van der Waals surface area contributed by atoms with Crippen molar-refractivity contribution in [3.8, 4) is 5.75 Å². The zero-order valence-electron chi connectivity index (χ0n) is 26.7. The lowest BCUT2D eigenvalue weighted by Crippen LogP contribution is -2.54. The zero-order chi connectivity index (χ0) is 33.0. The Morgan fingerprint density at radius 1 is 0.875 bits per heavy atom. The predicted molar refractivity (Wildman–Crippen MR) is 192 cm³/mol. The second-order valence-electron chi connectivity index (χ2n) is 14.2. The number of allylic oxidation sites excluding steroid dienone is 1. The number of amides is 4. The van der Waals surface area contributed by atoms with Gasteiger partial charge in [0, 0.05) is 0 Å². The van der Waals surface area contributed by atoms with Gasteiger partial charge in [-0.05, 0) is 153 Å². The second-order valence-corrected chi connectivity index (χ2v) is 15.0. The van der Waals surface area contributed by atoms with Crippen molar-refractivity contribution in [3.05, 3.63) is 124 Å². The molecule has 0 aromatic heterocycles. The molecule has 4 bridgehead atoms. The second kappa shape index (κ2) is 12.2. The quantitative estimate of drug-likeness (QED) is 0.113. The third-order valence-electron chi connectivity index (χ3n) is 10.9. The van der Waals surface area contributed by atoms with Crippen molar-refractivity contribution in [1.29, 1.82) is 0 Å². The summed E-state index contributed by atoms with van der Waals surface area (Å²) in [6.45, 7) is 4.28. The minimum Gasteiger partial charge on any atom is -0.487 e. The van der Waals surface area contributed by atoms with Crippen LogP contribution in [0.2, 0.25) is 0 Å². The van der Waals surface area contributed by atoms with Crippen LogP contribution in [0.15, 0.2) is 102 Å². The molecule has 5 aliphatic rings. The van der Waals surface area contributed by atoms with Crippen molar-refractivity contribution < 1.29 is 19.1 Å². The van der Waals surface area contributed by atoms with Gasteiger partial charge in [0.15, 0.2) is 0 Å². The van der Waals surface area contributed by atoms with Crippen LogP contribution in [0.25, 0.3) is 16.8 Å². The summed E-state index contributed by atoms with van der Waals surface area (Å²) in [4.78, 5) is 40.9. The number of hydrogen-bond donors (Lipinski definition) is 1. The highest BCUT2D eigenvalue weighted by Crippen LogP contribution is 2.60. The molecular formula is C41H37BrN2O4. The smallest absolute Gasteiger partial charge is 0.335 e. The topological polar surface area (TPSA) is 75.7 Å². The van der Waals surface area contributed by atoms with E-state index in [1.165, 1.54) is 55.6 Å². The van der Waals surface area contributed by atoms with Crippen LogP contribution < -0.4 is 15.0 Å². The third-order valence-corrected chi connectivity index (χ3v) is 11.5. The van der Waals surface area contributed by atoms with Crippen LogP contribution in [-0.2, 0) is 28.0 Å². The highest BCUT2D eigenvalue weighted by Gasteiger charge is 2.51. The summed E-state index contributed by atoms with van der Waals surface area (Å²) >= 11 is 3.66. The molecule has 1 saturated heterocycles. The van der Waals surface area contributed by atoms with Crippen LogP contribution in [0.1, 0.15) is 60.8 Å². The van der Waals surface area contributed by atoms with Crippen molar-refractivity contribution in [3.63, 3.8) is 0 Å². The molecule has 4 amide bonds. The Kier molecular flexibility index (Phi) is 7.83. The standard InChI is InChI=1S/C41H37BrN2O4/c1-2-5-32-18-26(20-36(42)37(32)48-24-25-8-9-30-6-3-4-7-31(30)17-25)19-35-38(45)43-40(47)44(39(35)46)34-12-10-33(11-13-34)41-21-27-14-28(22-41)16-29(15-27)23-41/h2-4,6-13,17-20,27-29H,1,5,14-16,21-24H2,(H,43,45,47)/b35-19+. The minimum absolute atomic E-state index is 0.110. The van der Waals surface area contributed by atoms with Crippen molar-refractivity contribution in [2.45, 2.75) is 57.0 Å². The molecule has 0 unspecified atom stereocenters. The number of halogens is 1. The lowest BCUT2D eigenvalue weighted by atomic mass is 9.48. The van der Waals surface area contributed by atoms with E-state index in [1.54, 1.807) is 6.08 Å². The van der Waals surface area contributed by atoms with E-state index in [4.69, 9.17) is 4.74 Å². The van der Waals surface area contributed by atoms with Crippen LogP contribution in [0.4, 0.5) is 10.5 Å². The molecule has 242 valence electrons. The number of carbonyl (C=O) groups excluding carboxylic acids is 3. The molecule has 4 saturated carbocycles. The first kappa shape index (κ1) is 30.8. The number of imide groups is 2. The summed E-state index contributed by atoms with van der Waals surface area (Å²) in [5, 5.41) is 4.69. The Hall–Kier alpha value is -4.49. The molecule has 6 nitrogen and oxygen atoms in total. The maximum atomic E-state index is 13.8. The lowest BCUT2D eigenvalue weighted by molar-refractivity contribution is -0.122. The molecule has 0 radical (unpaired) electrons. The molecule has 4 aromatic carbocycles. The maximum absolute atomic E-state index is 13.8. The summed E-state index contributed by atoms with van der Waals surface area (Å²) in [6.07, 6.45) is 11.7. The van der Waals surface area contributed by atoms with Gasteiger partial charge in [-0.25, -0.2) is 9.69 Å². The van der Waals surface area contributed by atoms with E-state index in [2.05, 4.69) is 70.3 Å². The van der Waals surface area contributed by atoms with Crippen LogP contribution in [0.3, 0.4) is 0 Å². The fourth-order valence-corrected chi connectivity index (χ4v) is 9.83. The van der Waals surface area contributed by atoms with E-state index in [-0.39, 0.29) is 11.0 Å². The normalized spacial score (nSPS) is 25.5. The monoisotopic (exact) mass is 700 g/mol. The number of fused-ring (bicyclic) bond motifs is 1. The number of carbonyl (C=O) groups is 3. The predicted octanol–water partition coefficient (Wildman–Crippen LogP) is 9.04. The van der Waals surface area contributed by atoms with Gasteiger partial charge in [-0.15, -0.1) is 6.58 Å². The lowest BCUT2D eigenvalue weighted by Gasteiger charge is -2.57. The molecule has 7 heteroatoms. The van der Waals surface area contributed by atoms with Gasteiger partial charge >= 0.3 is 6.03 Å². The molecule has 4 aromatic rings. The van der Waals surface area contributed by atoms with Gasteiger partial charge in [0.25, 0.3) is 11.8 Å². The highest BCUT2D eigenvalue weighted by molar-refractivity contribution is 9.10. The van der Waals surface area contributed by atoms with Crippen molar-refractivity contribution in [2.75, 3.05) is 4.90 Å². The van der Waals surface area contributed by atoms with E-state index in [1.807, 2.05) is 36.4 Å². The van der Waals surface area contributed by atoms with Gasteiger partial charge < -0.3 is 4.74 Å². The van der Waals surface area contributed by atoms with Gasteiger partial charge in [0.2, 0.25) is 0 Å². The average Bonchev–Trinajstić information content (AvgIpc) is 3.06. The van der Waals surface area contributed by atoms with Gasteiger partial charge in [-0.2, -0.15) is 0 Å². The largest absolute Gasteiger partial charge is 0.487 e. The van der Waals surface area contributed by atoms with E-state index in [0.717, 1.165) is 39.2 Å². The van der Waals surface area contributed by atoms with Crippen molar-refractivity contribution in [2.24, 2.45) is 17.8 Å². The Morgan fingerprint density at radius 3 is 2.25 bits per heavy atom. The van der Waals surface area contributed by atoms with Crippen LogP contribution in [0.5, 0.6) is 5.75 Å². The van der Waals surface area contributed by atoms with E-state index >= 15 is 0 Å². The maximum Gasteiger partial charge on any atom is 0.335 e. The van der Waals surface area contributed by atoms with Crippen LogP contribution >= 0.6 is 15.9 Å². The fraction of sp³-hybridized carbons (Fsp3) is 0.293. The van der Waals surface area contributed by atoms with E-state index < -0.39 is 17.8 Å². The van der Waals surface area contributed by atoms with Crippen molar-refractivity contribution >= 4 is 56.3 Å². The number of urea groups is 1. The molecule has 1 aliphatic heterocycles. The Bertz CT molecular complexity index is 1980. The highest BCUT2D eigenvalue weighted by atomic mass is 79.9. The number of barbiturate groups is 1. The van der Waals surface area contributed by atoms with Crippen LogP contribution in [-0.4, -0.2) is 17.8 Å². The van der Waals surface area contributed by atoms with Gasteiger partial charge in [0.05, 0.1) is 10.2 Å². The summed E-state index contributed by atoms with van der Waals surface area (Å²) in [7, 11) is 0. The Morgan fingerprint density at radius 2 is 1.56 bits per heavy atom. The Balaban J connectivity index is 1.04. The van der Waals surface area contributed by atoms with E-state index in [9.17, 15) is 14.4 Å². The number of rotatable bonds is 8. The van der Waals surface area contributed by atoms with Gasteiger partial charge in [0.1, 0.15) is 17.9 Å². The first-order chi connectivity index (χ1) is 23.3. The fourth-order valence-electron chi connectivity index (χ4n) is 9.20. The van der Waals surface area contributed by atoms with Crippen LogP contribution in [0, 0.1) is 17.8 Å². The molecule has 1 heterocycles. The summed E-state index contributed by atoms with van der Waals surface area (Å²) in [6, 6.07) is 25.3. The molecule has 4 aliphatic carbocycles. The first-order valence-corrected chi connectivity index (χ1v) is 17.6. The third kappa shape index (κ3) is 5.58. The SMILES string of the molecule is C=CCc1cc(/C=C2\C(=O)NC(=O)N(c3ccc(C45CC6CC(CC(C6)C4)C5)cc3)C2=O)cc(Br)c1OCc1ccc2ccccc2c1. The number of nitrogens with zero attached hydrogens (tertiary/aromatic N) is 1. The first-order valence-electron chi connectivity index (χ1n) is 16.8. The molecule has 5 fully saturated rings. The molecule has 9 rings (SSSR count). The number of ether oxygens (including phenoxy) is 1. The molecule has 0 atom stereocenters. The molecule has 48 heavy (non-hydrogen) atoms. The van der Waals surface area contributed by atoms with Gasteiger partial charge in [-0.3, -0.25) is 14.9 Å². The number of anilines is 1. The molecule has 0 spiro atoms. The summed E-state index contributed by atoms with van der Waals surface area (Å²) < 4.78 is 6.99. The zero-order valence-corrected chi connectivity index (χ0v) is 28.3.